The van der Waals surface area contributed by atoms with E-state index in [2.05, 4.69) is 39.5 Å². The second kappa shape index (κ2) is 5.34. The summed E-state index contributed by atoms with van der Waals surface area (Å²) in [5.74, 6) is 0. The van der Waals surface area contributed by atoms with E-state index in [0.29, 0.717) is 0 Å². The standard InChI is InChI=1S/C13H15N3.ClH/c1-2-4-12-11(3-1)9-15-10-13(12)16-7-5-14-6-8-16;/h1-4,9-10,14H,5-8H2;1H. The largest absolute Gasteiger partial charge is 0.367 e. The minimum atomic E-state index is 0. The minimum absolute atomic E-state index is 0. The van der Waals surface area contributed by atoms with Crippen LogP contribution in [0.3, 0.4) is 0 Å². The predicted octanol–water partition coefficient (Wildman–Crippen LogP) is 2.07. The van der Waals surface area contributed by atoms with Crippen molar-refractivity contribution in [3.8, 4) is 0 Å². The van der Waals surface area contributed by atoms with Gasteiger partial charge in [-0.25, -0.2) is 0 Å². The first-order chi connectivity index (χ1) is 7.95. The zero-order chi connectivity index (χ0) is 10.8. The van der Waals surface area contributed by atoms with Crippen LogP contribution in [0.2, 0.25) is 0 Å². The van der Waals surface area contributed by atoms with Crippen LogP contribution in [0.1, 0.15) is 0 Å². The fourth-order valence-corrected chi connectivity index (χ4v) is 2.26. The maximum atomic E-state index is 4.33. The van der Waals surface area contributed by atoms with Crippen molar-refractivity contribution >= 4 is 28.9 Å². The van der Waals surface area contributed by atoms with Gasteiger partial charge in [-0.3, -0.25) is 4.98 Å². The molecule has 2 heterocycles. The number of pyridine rings is 1. The molecule has 0 amide bonds. The maximum Gasteiger partial charge on any atom is 0.0633 e. The van der Waals surface area contributed by atoms with Crippen molar-refractivity contribution in [2.75, 3.05) is 31.1 Å². The van der Waals surface area contributed by atoms with Crippen molar-refractivity contribution in [3.05, 3.63) is 36.7 Å². The van der Waals surface area contributed by atoms with E-state index < -0.39 is 0 Å². The molecular weight excluding hydrogens is 234 g/mol. The lowest BCUT2D eigenvalue weighted by Crippen LogP contribution is -2.43. The van der Waals surface area contributed by atoms with E-state index in [4.69, 9.17) is 0 Å². The van der Waals surface area contributed by atoms with Gasteiger partial charge in [0.05, 0.1) is 11.9 Å². The molecule has 1 saturated heterocycles. The van der Waals surface area contributed by atoms with E-state index >= 15 is 0 Å². The topological polar surface area (TPSA) is 28.2 Å². The number of nitrogens with one attached hydrogen (secondary N) is 1. The number of aromatic nitrogens is 1. The first kappa shape index (κ1) is 12.1. The van der Waals surface area contributed by atoms with Gasteiger partial charge < -0.3 is 10.2 Å². The van der Waals surface area contributed by atoms with E-state index in [9.17, 15) is 0 Å². The van der Waals surface area contributed by atoms with Gasteiger partial charge in [0, 0.05) is 43.1 Å². The van der Waals surface area contributed by atoms with Crippen LogP contribution < -0.4 is 10.2 Å². The number of rotatable bonds is 1. The Bertz CT molecular complexity index is 489. The number of benzene rings is 1. The summed E-state index contributed by atoms with van der Waals surface area (Å²) in [6.45, 7) is 4.25. The second-order valence-corrected chi connectivity index (χ2v) is 4.12. The third-order valence-electron chi connectivity index (χ3n) is 3.10. The van der Waals surface area contributed by atoms with Crippen molar-refractivity contribution in [2.24, 2.45) is 0 Å². The highest BCUT2D eigenvalue weighted by molar-refractivity contribution is 5.93. The summed E-state index contributed by atoms with van der Waals surface area (Å²) >= 11 is 0. The lowest BCUT2D eigenvalue weighted by Gasteiger charge is -2.30. The van der Waals surface area contributed by atoms with Gasteiger partial charge in [-0.15, -0.1) is 12.4 Å². The van der Waals surface area contributed by atoms with E-state index in [0.717, 1.165) is 26.2 Å². The van der Waals surface area contributed by atoms with Crippen LogP contribution in [-0.2, 0) is 0 Å². The summed E-state index contributed by atoms with van der Waals surface area (Å²) in [4.78, 5) is 6.73. The number of fused-ring (bicyclic) bond motifs is 1. The van der Waals surface area contributed by atoms with Gasteiger partial charge >= 0.3 is 0 Å². The van der Waals surface area contributed by atoms with Crippen LogP contribution in [0.15, 0.2) is 36.7 Å². The molecule has 0 spiro atoms. The number of nitrogens with zero attached hydrogens (tertiary/aromatic N) is 2. The van der Waals surface area contributed by atoms with E-state index in [-0.39, 0.29) is 12.4 Å². The Morgan fingerprint density at radius 2 is 1.82 bits per heavy atom. The highest BCUT2D eigenvalue weighted by atomic mass is 35.5. The molecule has 3 nitrogen and oxygen atoms in total. The Morgan fingerprint density at radius 3 is 2.65 bits per heavy atom. The highest BCUT2D eigenvalue weighted by Crippen LogP contribution is 2.25. The Balaban J connectivity index is 0.00000108. The van der Waals surface area contributed by atoms with Crippen LogP contribution in [0, 0.1) is 0 Å². The summed E-state index contributed by atoms with van der Waals surface area (Å²) in [6, 6.07) is 8.45. The Hall–Kier alpha value is -1.32. The van der Waals surface area contributed by atoms with Gasteiger partial charge in [0.2, 0.25) is 0 Å². The Morgan fingerprint density at radius 1 is 1.06 bits per heavy atom. The number of hydrogen-bond donors (Lipinski definition) is 1. The SMILES string of the molecule is Cl.c1ccc2c(N3CCNCC3)cncc2c1. The average Bonchev–Trinajstić information content (AvgIpc) is 2.39. The van der Waals surface area contributed by atoms with Gasteiger partial charge in [0.15, 0.2) is 0 Å². The van der Waals surface area contributed by atoms with Gasteiger partial charge in [-0.1, -0.05) is 24.3 Å². The van der Waals surface area contributed by atoms with Crippen LogP contribution in [0.4, 0.5) is 5.69 Å². The summed E-state index contributed by atoms with van der Waals surface area (Å²) in [5, 5.41) is 5.90. The Kier molecular flexibility index (Phi) is 3.82. The van der Waals surface area contributed by atoms with Crippen molar-refractivity contribution in [2.45, 2.75) is 0 Å². The third kappa shape index (κ3) is 2.35. The molecule has 1 aliphatic heterocycles. The monoisotopic (exact) mass is 249 g/mol. The summed E-state index contributed by atoms with van der Waals surface area (Å²) in [7, 11) is 0. The third-order valence-corrected chi connectivity index (χ3v) is 3.10. The van der Waals surface area contributed by atoms with Crippen LogP contribution in [0.25, 0.3) is 10.8 Å². The molecule has 3 rings (SSSR count). The molecule has 90 valence electrons. The zero-order valence-corrected chi connectivity index (χ0v) is 10.4. The molecule has 0 radical (unpaired) electrons. The minimum Gasteiger partial charge on any atom is -0.367 e. The molecule has 1 aromatic carbocycles. The number of halogens is 1. The number of anilines is 1. The van der Waals surface area contributed by atoms with Gasteiger partial charge in [-0.2, -0.15) is 0 Å². The van der Waals surface area contributed by atoms with Crippen LogP contribution in [-0.4, -0.2) is 31.2 Å². The molecule has 1 aromatic heterocycles. The normalized spacial score (nSPS) is 15.6. The molecule has 17 heavy (non-hydrogen) atoms. The maximum absolute atomic E-state index is 4.33. The van der Waals surface area contributed by atoms with E-state index in [1.807, 2.05) is 12.4 Å². The lowest BCUT2D eigenvalue weighted by atomic mass is 10.1. The zero-order valence-electron chi connectivity index (χ0n) is 9.60. The number of piperazine rings is 1. The molecule has 0 aliphatic carbocycles. The molecule has 4 heteroatoms. The summed E-state index contributed by atoms with van der Waals surface area (Å²) < 4.78 is 0. The second-order valence-electron chi connectivity index (χ2n) is 4.12. The first-order valence-corrected chi connectivity index (χ1v) is 5.73. The first-order valence-electron chi connectivity index (χ1n) is 5.73. The fraction of sp³-hybridized carbons (Fsp3) is 0.308. The average molecular weight is 250 g/mol. The molecular formula is C13H16ClN3. The van der Waals surface area contributed by atoms with Crippen molar-refractivity contribution in [1.29, 1.82) is 0 Å². The van der Waals surface area contributed by atoms with Gasteiger partial charge in [0.25, 0.3) is 0 Å². The van der Waals surface area contributed by atoms with Crippen LogP contribution >= 0.6 is 12.4 Å². The molecule has 1 N–H and O–H groups in total. The number of hydrogen-bond acceptors (Lipinski definition) is 3. The smallest absolute Gasteiger partial charge is 0.0633 e. The van der Waals surface area contributed by atoms with Gasteiger partial charge in [0.1, 0.15) is 0 Å². The van der Waals surface area contributed by atoms with Crippen molar-refractivity contribution in [1.82, 2.24) is 10.3 Å². The molecule has 0 bridgehead atoms. The molecule has 2 aromatic rings. The molecule has 0 atom stereocenters. The fourth-order valence-electron chi connectivity index (χ4n) is 2.26. The summed E-state index contributed by atoms with van der Waals surface area (Å²) in [6.07, 6.45) is 3.91. The Labute approximate surface area is 107 Å². The van der Waals surface area contributed by atoms with Gasteiger partial charge in [-0.05, 0) is 0 Å². The molecule has 1 fully saturated rings. The van der Waals surface area contributed by atoms with Crippen molar-refractivity contribution < 1.29 is 0 Å². The highest BCUT2D eigenvalue weighted by Gasteiger charge is 2.12. The molecule has 0 saturated carbocycles. The van der Waals surface area contributed by atoms with E-state index in [1.165, 1.54) is 16.5 Å². The lowest BCUT2D eigenvalue weighted by molar-refractivity contribution is 0.590. The molecule has 0 unspecified atom stereocenters. The predicted molar refractivity (Wildman–Crippen MR) is 74.1 cm³/mol. The van der Waals surface area contributed by atoms with E-state index in [1.54, 1.807) is 0 Å². The summed E-state index contributed by atoms with van der Waals surface area (Å²) in [5.41, 5.74) is 1.26. The molecule has 1 aliphatic rings. The van der Waals surface area contributed by atoms with Crippen molar-refractivity contribution in [3.63, 3.8) is 0 Å². The quantitative estimate of drug-likeness (QED) is 0.839. The van der Waals surface area contributed by atoms with Crippen LogP contribution in [0.5, 0.6) is 0 Å².